The van der Waals surface area contributed by atoms with Crippen LogP contribution in [0.4, 0.5) is 0 Å². The summed E-state index contributed by atoms with van der Waals surface area (Å²) in [5.74, 6) is 0.683. The molecule has 0 bridgehead atoms. The standard InChI is InChI=1S/C15H20N6O3/c1-10-9-21-11-12(18(2)15(23)17-13(11)22)16-14(21)20(10)4-3-19-5-7-24-8-6-19/h9H,3-8H2,1-2H3,(H,17,22,23). The molecule has 0 unspecified atom stereocenters. The Morgan fingerprint density at radius 1 is 1.25 bits per heavy atom. The lowest BCUT2D eigenvalue weighted by Gasteiger charge is -2.26. The summed E-state index contributed by atoms with van der Waals surface area (Å²) in [6.07, 6.45) is 1.89. The van der Waals surface area contributed by atoms with Gasteiger partial charge in [0, 0.05) is 45.1 Å². The van der Waals surface area contributed by atoms with Crippen molar-refractivity contribution in [3.8, 4) is 0 Å². The zero-order valence-corrected chi connectivity index (χ0v) is 13.8. The van der Waals surface area contributed by atoms with Gasteiger partial charge in [0.2, 0.25) is 5.78 Å². The van der Waals surface area contributed by atoms with Gasteiger partial charge in [-0.05, 0) is 6.92 Å². The van der Waals surface area contributed by atoms with Crippen LogP contribution in [-0.2, 0) is 18.3 Å². The third-order valence-electron chi connectivity index (χ3n) is 4.66. The number of H-pyrrole nitrogens is 1. The predicted molar refractivity (Wildman–Crippen MR) is 88.5 cm³/mol. The van der Waals surface area contributed by atoms with E-state index in [-0.39, 0.29) is 0 Å². The van der Waals surface area contributed by atoms with Gasteiger partial charge in [-0.15, -0.1) is 0 Å². The summed E-state index contributed by atoms with van der Waals surface area (Å²) in [6, 6.07) is 0. The van der Waals surface area contributed by atoms with Crippen molar-refractivity contribution < 1.29 is 4.74 Å². The number of hydrogen-bond acceptors (Lipinski definition) is 5. The molecule has 1 N–H and O–H groups in total. The molecule has 9 nitrogen and oxygen atoms in total. The largest absolute Gasteiger partial charge is 0.379 e. The molecule has 0 spiro atoms. The predicted octanol–water partition coefficient (Wildman–Crippen LogP) is -0.683. The highest BCUT2D eigenvalue weighted by Gasteiger charge is 2.18. The number of hydrogen-bond donors (Lipinski definition) is 1. The lowest BCUT2D eigenvalue weighted by atomic mass is 10.4. The molecule has 0 amide bonds. The van der Waals surface area contributed by atoms with Gasteiger partial charge in [-0.3, -0.25) is 23.6 Å². The van der Waals surface area contributed by atoms with Crippen LogP contribution < -0.4 is 11.2 Å². The zero-order chi connectivity index (χ0) is 16.8. The minimum atomic E-state index is -0.454. The van der Waals surface area contributed by atoms with Gasteiger partial charge in [0.05, 0.1) is 13.2 Å². The molecule has 24 heavy (non-hydrogen) atoms. The van der Waals surface area contributed by atoms with Crippen LogP contribution in [0.15, 0.2) is 15.8 Å². The summed E-state index contributed by atoms with van der Waals surface area (Å²) in [5, 5.41) is 0. The van der Waals surface area contributed by atoms with Crippen molar-refractivity contribution in [2.75, 3.05) is 32.8 Å². The quantitative estimate of drug-likeness (QED) is 0.686. The normalized spacial score (nSPS) is 16.4. The second-order valence-electron chi connectivity index (χ2n) is 6.15. The van der Waals surface area contributed by atoms with Crippen molar-refractivity contribution in [3.05, 3.63) is 32.7 Å². The average molecular weight is 332 g/mol. The van der Waals surface area contributed by atoms with Gasteiger partial charge in [0.1, 0.15) is 0 Å². The van der Waals surface area contributed by atoms with E-state index in [1.807, 2.05) is 13.1 Å². The highest BCUT2D eigenvalue weighted by Crippen LogP contribution is 2.16. The van der Waals surface area contributed by atoms with E-state index in [4.69, 9.17) is 4.74 Å². The van der Waals surface area contributed by atoms with Gasteiger partial charge in [-0.25, -0.2) is 4.79 Å². The Balaban J connectivity index is 1.78. The van der Waals surface area contributed by atoms with E-state index in [0.717, 1.165) is 45.1 Å². The molecule has 3 aromatic heterocycles. The highest BCUT2D eigenvalue weighted by molar-refractivity contribution is 5.75. The summed E-state index contributed by atoms with van der Waals surface area (Å²) in [5.41, 5.74) is 0.968. The summed E-state index contributed by atoms with van der Waals surface area (Å²) in [6.45, 7) is 7.07. The molecule has 4 rings (SSSR count). The molecule has 9 heteroatoms. The van der Waals surface area contributed by atoms with Gasteiger partial charge in [-0.2, -0.15) is 4.98 Å². The van der Waals surface area contributed by atoms with Gasteiger partial charge in [-0.1, -0.05) is 0 Å². The van der Waals surface area contributed by atoms with Crippen molar-refractivity contribution in [1.82, 2.24) is 28.4 Å². The number of aryl methyl sites for hydroxylation is 2. The zero-order valence-electron chi connectivity index (χ0n) is 13.8. The van der Waals surface area contributed by atoms with Gasteiger partial charge in [0.15, 0.2) is 11.2 Å². The summed E-state index contributed by atoms with van der Waals surface area (Å²) in [7, 11) is 1.61. The second-order valence-corrected chi connectivity index (χ2v) is 6.15. The number of fused-ring (bicyclic) bond motifs is 3. The first kappa shape index (κ1) is 15.2. The second kappa shape index (κ2) is 5.60. The molecule has 1 aliphatic heterocycles. The highest BCUT2D eigenvalue weighted by atomic mass is 16.5. The van der Waals surface area contributed by atoms with Crippen LogP contribution in [-0.4, -0.2) is 61.3 Å². The van der Waals surface area contributed by atoms with Crippen LogP contribution >= 0.6 is 0 Å². The third-order valence-corrected chi connectivity index (χ3v) is 4.66. The van der Waals surface area contributed by atoms with Crippen LogP contribution in [0, 0.1) is 6.92 Å². The topological polar surface area (TPSA) is 89.6 Å². The minimum Gasteiger partial charge on any atom is -0.379 e. The minimum absolute atomic E-state index is 0.402. The molecule has 3 aromatic rings. The van der Waals surface area contributed by atoms with Crippen molar-refractivity contribution in [3.63, 3.8) is 0 Å². The maximum atomic E-state index is 12.2. The first-order chi connectivity index (χ1) is 11.6. The number of nitrogens with one attached hydrogen (secondary N) is 1. The maximum Gasteiger partial charge on any atom is 0.329 e. The first-order valence-corrected chi connectivity index (χ1v) is 8.03. The average Bonchev–Trinajstić information content (AvgIpc) is 3.07. The molecule has 1 fully saturated rings. The Kier molecular flexibility index (Phi) is 3.54. The first-order valence-electron chi connectivity index (χ1n) is 8.03. The van der Waals surface area contributed by atoms with E-state index >= 15 is 0 Å². The number of morpholine rings is 1. The van der Waals surface area contributed by atoms with Crippen LogP contribution in [0.25, 0.3) is 16.9 Å². The van der Waals surface area contributed by atoms with Crippen LogP contribution in [0.1, 0.15) is 5.69 Å². The fourth-order valence-corrected chi connectivity index (χ4v) is 3.26. The summed E-state index contributed by atoms with van der Waals surface area (Å²) in [4.78, 5) is 33.2. The molecule has 0 atom stereocenters. The lowest BCUT2D eigenvalue weighted by Crippen LogP contribution is -2.38. The molecular formula is C15H20N6O3. The fraction of sp³-hybridized carbons (Fsp3) is 0.533. The number of nitrogens with zero attached hydrogens (tertiary/aromatic N) is 5. The molecule has 0 aliphatic carbocycles. The molecular weight excluding hydrogens is 312 g/mol. The SMILES string of the molecule is Cc1cn2c3c(=O)[nH]c(=O)n(C)c3nc2n1CCN1CCOCC1. The molecule has 1 aliphatic rings. The Bertz CT molecular complexity index is 1020. The third kappa shape index (κ3) is 2.28. The van der Waals surface area contributed by atoms with E-state index in [0.29, 0.717) is 16.9 Å². The van der Waals surface area contributed by atoms with Gasteiger partial charge in [0.25, 0.3) is 5.56 Å². The maximum absolute atomic E-state index is 12.2. The Hall–Kier alpha value is -2.39. The fourth-order valence-electron chi connectivity index (χ4n) is 3.26. The van der Waals surface area contributed by atoms with E-state index in [9.17, 15) is 9.59 Å². The van der Waals surface area contributed by atoms with Crippen LogP contribution in [0.3, 0.4) is 0 Å². The van der Waals surface area contributed by atoms with E-state index in [1.54, 1.807) is 11.4 Å². The van der Waals surface area contributed by atoms with Crippen molar-refractivity contribution in [2.24, 2.45) is 7.05 Å². The van der Waals surface area contributed by atoms with Crippen molar-refractivity contribution >= 4 is 16.9 Å². The number of rotatable bonds is 3. The van der Waals surface area contributed by atoms with Gasteiger partial charge >= 0.3 is 5.69 Å². The Morgan fingerprint density at radius 3 is 2.75 bits per heavy atom. The Morgan fingerprint density at radius 2 is 2.00 bits per heavy atom. The van der Waals surface area contributed by atoms with Crippen molar-refractivity contribution in [1.29, 1.82) is 0 Å². The molecule has 0 saturated carbocycles. The number of ether oxygens (including phenoxy) is 1. The van der Waals surface area contributed by atoms with Crippen LogP contribution in [0.5, 0.6) is 0 Å². The summed E-state index contributed by atoms with van der Waals surface area (Å²) >= 11 is 0. The Labute approximate surface area is 137 Å². The molecule has 0 radical (unpaired) electrons. The number of aromatic nitrogens is 5. The molecule has 1 saturated heterocycles. The van der Waals surface area contributed by atoms with Crippen LogP contribution in [0.2, 0.25) is 0 Å². The molecule has 0 aromatic carbocycles. The van der Waals surface area contributed by atoms with E-state index in [2.05, 4.69) is 19.4 Å². The monoisotopic (exact) mass is 332 g/mol. The smallest absolute Gasteiger partial charge is 0.329 e. The van der Waals surface area contributed by atoms with E-state index in [1.165, 1.54) is 4.57 Å². The van der Waals surface area contributed by atoms with E-state index < -0.39 is 11.2 Å². The van der Waals surface area contributed by atoms with Crippen molar-refractivity contribution in [2.45, 2.75) is 13.5 Å². The van der Waals surface area contributed by atoms with Gasteiger partial charge < -0.3 is 9.30 Å². The summed E-state index contributed by atoms with van der Waals surface area (Å²) < 4.78 is 10.6. The number of imidazole rings is 2. The lowest BCUT2D eigenvalue weighted by molar-refractivity contribution is 0.0364. The molecule has 4 heterocycles. The number of aromatic amines is 1. The molecule has 128 valence electrons.